The second kappa shape index (κ2) is 13.0. The third-order valence-electron chi connectivity index (χ3n) is 5.93. The van der Waals surface area contributed by atoms with E-state index in [4.69, 9.17) is 25.8 Å². The summed E-state index contributed by atoms with van der Waals surface area (Å²) in [6.07, 6.45) is 0. The van der Waals surface area contributed by atoms with Crippen molar-refractivity contribution in [2.45, 2.75) is 38.9 Å². The number of halogens is 2. The van der Waals surface area contributed by atoms with E-state index in [1.807, 2.05) is 77.8 Å². The molecular weight excluding hydrogens is 568 g/mol. The van der Waals surface area contributed by atoms with Gasteiger partial charge in [0.05, 0.1) is 10.7 Å². The van der Waals surface area contributed by atoms with Crippen LogP contribution >= 0.6 is 27.5 Å². The van der Waals surface area contributed by atoms with Gasteiger partial charge < -0.3 is 14.2 Å². The summed E-state index contributed by atoms with van der Waals surface area (Å²) in [4.78, 5) is 0. The highest BCUT2D eigenvalue weighted by Crippen LogP contribution is 2.41. The van der Waals surface area contributed by atoms with Crippen LogP contribution in [0.4, 0.5) is 0 Å². The Kier molecular flexibility index (Phi) is 9.73. The zero-order valence-electron chi connectivity index (χ0n) is 21.6. The van der Waals surface area contributed by atoms with Crippen molar-refractivity contribution in [3.8, 4) is 11.5 Å². The van der Waals surface area contributed by atoms with Gasteiger partial charge in [0.15, 0.2) is 0 Å². The van der Waals surface area contributed by atoms with Crippen LogP contribution in [0.3, 0.4) is 0 Å². The first-order valence-corrected chi connectivity index (χ1v) is 17.3. The molecular formula is C29H34BrClN2O3Si. The minimum atomic E-state index is -1.16. The molecule has 3 aromatic carbocycles. The lowest BCUT2D eigenvalue weighted by Crippen LogP contribution is -2.34. The number of hydrogen-bond donors (Lipinski definition) is 1. The fourth-order valence-corrected chi connectivity index (χ4v) is 5.36. The molecule has 37 heavy (non-hydrogen) atoms. The molecule has 1 heterocycles. The molecule has 8 heteroatoms. The van der Waals surface area contributed by atoms with E-state index in [1.165, 1.54) is 0 Å². The second-order valence-electron chi connectivity index (χ2n) is 10.2. The lowest BCUT2D eigenvalue weighted by Gasteiger charge is -2.25. The van der Waals surface area contributed by atoms with Crippen molar-refractivity contribution in [2.75, 3.05) is 19.9 Å². The van der Waals surface area contributed by atoms with Gasteiger partial charge in [-0.2, -0.15) is 0 Å². The molecule has 0 radical (unpaired) electrons. The molecule has 5 nitrogen and oxygen atoms in total. The van der Waals surface area contributed by atoms with Gasteiger partial charge in [0, 0.05) is 37.3 Å². The van der Waals surface area contributed by atoms with E-state index < -0.39 is 8.07 Å². The molecule has 0 saturated heterocycles. The van der Waals surface area contributed by atoms with Crippen LogP contribution in [0.1, 0.15) is 16.7 Å². The highest BCUT2D eigenvalue weighted by Gasteiger charge is 2.27. The molecule has 0 atom stereocenters. The lowest BCUT2D eigenvalue weighted by atomic mass is 10.1. The van der Waals surface area contributed by atoms with Crippen LogP contribution in [-0.2, 0) is 18.0 Å². The molecule has 3 aromatic rings. The molecule has 0 aromatic heterocycles. The number of benzene rings is 3. The quantitative estimate of drug-likeness (QED) is 0.170. The summed E-state index contributed by atoms with van der Waals surface area (Å²) in [5.74, 6) is 1.28. The summed E-state index contributed by atoms with van der Waals surface area (Å²) in [5.41, 5.74) is 7.38. The number of hydrogen-bond acceptors (Lipinski definition) is 5. The van der Waals surface area contributed by atoms with Crippen molar-refractivity contribution in [2.24, 2.45) is 0 Å². The molecule has 0 amide bonds. The van der Waals surface area contributed by atoms with Crippen LogP contribution in [0.15, 0.2) is 77.3 Å². The Morgan fingerprint density at radius 2 is 1.49 bits per heavy atom. The normalized spacial score (nSPS) is 13.8. The predicted octanol–water partition coefficient (Wildman–Crippen LogP) is 7.69. The van der Waals surface area contributed by atoms with Crippen LogP contribution in [0, 0.1) is 0 Å². The van der Waals surface area contributed by atoms with Crippen molar-refractivity contribution in [3.05, 3.63) is 99.0 Å². The van der Waals surface area contributed by atoms with Crippen molar-refractivity contribution < 1.29 is 14.2 Å². The molecule has 0 bridgehead atoms. The Balaban J connectivity index is 1.58. The van der Waals surface area contributed by atoms with E-state index in [0.29, 0.717) is 43.0 Å². The number of hydrazine groups is 1. The van der Waals surface area contributed by atoms with Gasteiger partial charge in [-0.1, -0.05) is 108 Å². The van der Waals surface area contributed by atoms with E-state index >= 15 is 0 Å². The molecule has 0 saturated carbocycles. The highest BCUT2D eigenvalue weighted by molar-refractivity contribution is 9.11. The molecule has 196 valence electrons. The van der Waals surface area contributed by atoms with Gasteiger partial charge in [0.25, 0.3) is 0 Å². The Morgan fingerprint density at radius 1 is 0.892 bits per heavy atom. The highest BCUT2D eigenvalue weighted by atomic mass is 79.9. The summed E-state index contributed by atoms with van der Waals surface area (Å²) >= 11 is 10.5. The van der Waals surface area contributed by atoms with Crippen LogP contribution in [0.25, 0.3) is 5.70 Å². The Labute approximate surface area is 234 Å². The zero-order valence-corrected chi connectivity index (χ0v) is 24.9. The molecule has 0 fully saturated rings. The first kappa shape index (κ1) is 27.7. The molecule has 1 N–H and O–H groups in total. The largest absolute Gasteiger partial charge is 0.488 e. The Bertz CT molecular complexity index is 1200. The SMILES string of the molecule is C[Si](C)(C)CCOCN1NCC(Br)=C1c1cc(Cl)c(OCc2ccccc2)cc1OCc1ccccc1. The maximum Gasteiger partial charge on any atom is 0.142 e. The lowest BCUT2D eigenvalue weighted by molar-refractivity contribution is 0.0497. The van der Waals surface area contributed by atoms with Crippen LogP contribution in [-0.4, -0.2) is 33.0 Å². The first-order chi connectivity index (χ1) is 17.8. The van der Waals surface area contributed by atoms with Crippen molar-refractivity contribution in [1.29, 1.82) is 0 Å². The summed E-state index contributed by atoms with van der Waals surface area (Å²) in [6, 6.07) is 25.1. The van der Waals surface area contributed by atoms with Crippen LogP contribution < -0.4 is 14.9 Å². The van der Waals surface area contributed by atoms with Gasteiger partial charge in [-0.3, -0.25) is 5.01 Å². The molecule has 0 unspecified atom stereocenters. The monoisotopic (exact) mass is 600 g/mol. The third kappa shape index (κ3) is 8.09. The number of ether oxygens (including phenoxy) is 3. The smallest absolute Gasteiger partial charge is 0.142 e. The maximum absolute atomic E-state index is 6.75. The van der Waals surface area contributed by atoms with Crippen molar-refractivity contribution in [1.82, 2.24) is 10.4 Å². The van der Waals surface area contributed by atoms with Crippen LogP contribution in [0.5, 0.6) is 11.5 Å². The molecule has 0 spiro atoms. The number of rotatable bonds is 12. The number of nitrogens with zero attached hydrogens (tertiary/aromatic N) is 1. The van der Waals surface area contributed by atoms with Gasteiger partial charge in [-0.15, -0.1) is 0 Å². The van der Waals surface area contributed by atoms with E-state index in [1.54, 1.807) is 0 Å². The summed E-state index contributed by atoms with van der Waals surface area (Å²) in [7, 11) is -1.16. The summed E-state index contributed by atoms with van der Waals surface area (Å²) < 4.78 is 19.5. The predicted molar refractivity (Wildman–Crippen MR) is 158 cm³/mol. The van der Waals surface area contributed by atoms with E-state index in [9.17, 15) is 0 Å². The van der Waals surface area contributed by atoms with E-state index in [2.05, 4.69) is 41.0 Å². The minimum absolute atomic E-state index is 0.420. The maximum atomic E-state index is 6.75. The van der Waals surface area contributed by atoms with Crippen LogP contribution in [0.2, 0.25) is 30.7 Å². The second-order valence-corrected chi connectivity index (χ2v) is 17.2. The van der Waals surface area contributed by atoms with Crippen molar-refractivity contribution in [3.63, 3.8) is 0 Å². The zero-order chi connectivity index (χ0) is 26.3. The topological polar surface area (TPSA) is 43.0 Å². The van der Waals surface area contributed by atoms with Crippen molar-refractivity contribution >= 4 is 41.3 Å². The molecule has 4 rings (SSSR count). The average Bonchev–Trinajstić information content (AvgIpc) is 3.25. The van der Waals surface area contributed by atoms with Gasteiger partial charge >= 0.3 is 0 Å². The van der Waals surface area contributed by atoms with Gasteiger partial charge in [-0.25, -0.2) is 5.43 Å². The standard InChI is InChI=1S/C29H34BrClN2O3Si/c1-37(2,3)15-14-34-21-33-29(25(30)18-32-33)24-16-26(31)28(36-20-23-12-8-5-9-13-23)17-27(24)35-19-22-10-6-4-7-11-22/h4-13,16-17,32H,14-15,18-21H2,1-3H3. The van der Waals surface area contributed by atoms with Gasteiger partial charge in [-0.05, 0) is 23.2 Å². The molecule has 1 aliphatic heterocycles. The minimum Gasteiger partial charge on any atom is -0.488 e. The third-order valence-corrected chi connectivity index (χ3v) is 8.59. The molecule has 0 aliphatic carbocycles. The van der Waals surface area contributed by atoms with E-state index in [-0.39, 0.29) is 0 Å². The molecule has 1 aliphatic rings. The van der Waals surface area contributed by atoms with E-state index in [0.717, 1.165) is 39.5 Å². The Morgan fingerprint density at radius 3 is 2.08 bits per heavy atom. The summed E-state index contributed by atoms with van der Waals surface area (Å²) in [5, 5.41) is 2.54. The fraction of sp³-hybridized carbons (Fsp3) is 0.310. The average molecular weight is 602 g/mol. The number of nitrogens with one attached hydrogen (secondary N) is 1. The first-order valence-electron chi connectivity index (χ1n) is 12.4. The van der Waals surface area contributed by atoms with Gasteiger partial charge in [0.2, 0.25) is 0 Å². The van der Waals surface area contributed by atoms with Gasteiger partial charge in [0.1, 0.15) is 31.4 Å². The fourth-order valence-electron chi connectivity index (χ4n) is 3.83. The summed E-state index contributed by atoms with van der Waals surface area (Å²) in [6.45, 7) is 9.74. The Hall–Kier alpha value is -2.29.